The molecule has 0 spiro atoms. The van der Waals surface area contributed by atoms with E-state index in [2.05, 4.69) is 0 Å². The van der Waals surface area contributed by atoms with Crippen molar-refractivity contribution in [2.45, 2.75) is 26.2 Å². The first-order chi connectivity index (χ1) is 4.68. The third kappa shape index (κ3) is 7.19. The SMILES string of the molecule is CCCCC=C(N)C(=O)O.Cl. The Morgan fingerprint density at radius 3 is 2.55 bits per heavy atom. The molecule has 0 saturated carbocycles. The number of allylic oxidation sites excluding steroid dienone is 1. The largest absolute Gasteiger partial charge is 0.477 e. The molecule has 11 heavy (non-hydrogen) atoms. The second-order valence-corrected chi connectivity index (χ2v) is 2.11. The zero-order valence-electron chi connectivity index (χ0n) is 6.54. The number of unbranched alkanes of at least 4 members (excludes halogenated alkanes) is 2. The van der Waals surface area contributed by atoms with Gasteiger partial charge in [0.2, 0.25) is 0 Å². The van der Waals surface area contributed by atoms with Gasteiger partial charge in [0.1, 0.15) is 5.70 Å². The number of rotatable bonds is 4. The summed E-state index contributed by atoms with van der Waals surface area (Å²) >= 11 is 0. The maximum absolute atomic E-state index is 10.1. The summed E-state index contributed by atoms with van der Waals surface area (Å²) < 4.78 is 0. The number of hydrogen-bond acceptors (Lipinski definition) is 2. The minimum absolute atomic E-state index is 0. The Morgan fingerprint density at radius 2 is 2.18 bits per heavy atom. The van der Waals surface area contributed by atoms with Gasteiger partial charge in [-0.05, 0) is 12.8 Å². The van der Waals surface area contributed by atoms with Crippen molar-refractivity contribution in [1.82, 2.24) is 0 Å². The van der Waals surface area contributed by atoms with Crippen molar-refractivity contribution >= 4 is 18.4 Å². The first-order valence-electron chi connectivity index (χ1n) is 3.37. The standard InChI is InChI=1S/C7H13NO2.ClH/c1-2-3-4-5-6(8)7(9)10;/h5H,2-4,8H2,1H3,(H,9,10);1H. The molecule has 0 aliphatic rings. The highest BCUT2D eigenvalue weighted by molar-refractivity contribution is 5.85. The van der Waals surface area contributed by atoms with Gasteiger partial charge in [-0.3, -0.25) is 0 Å². The number of nitrogens with two attached hydrogens (primary N) is 1. The average Bonchev–Trinajstić information content (AvgIpc) is 1.88. The molecular weight excluding hydrogens is 166 g/mol. The van der Waals surface area contributed by atoms with E-state index in [1.54, 1.807) is 6.08 Å². The molecule has 0 heterocycles. The molecule has 0 fully saturated rings. The number of carbonyl (C=O) groups is 1. The predicted octanol–water partition coefficient (Wildman–Crippen LogP) is 1.53. The van der Waals surface area contributed by atoms with Crippen LogP contribution in [0.3, 0.4) is 0 Å². The lowest BCUT2D eigenvalue weighted by Crippen LogP contribution is -2.09. The van der Waals surface area contributed by atoms with Crippen LogP contribution in [0, 0.1) is 0 Å². The average molecular weight is 180 g/mol. The van der Waals surface area contributed by atoms with Crippen LogP contribution in [0.5, 0.6) is 0 Å². The summed E-state index contributed by atoms with van der Waals surface area (Å²) in [4.78, 5) is 10.1. The fraction of sp³-hybridized carbons (Fsp3) is 0.571. The molecule has 0 aliphatic carbocycles. The van der Waals surface area contributed by atoms with E-state index in [9.17, 15) is 4.79 Å². The molecular formula is C7H14ClNO2. The Bertz CT molecular complexity index is 145. The van der Waals surface area contributed by atoms with Gasteiger partial charge in [0.15, 0.2) is 0 Å². The summed E-state index contributed by atoms with van der Waals surface area (Å²) in [6, 6.07) is 0. The lowest BCUT2D eigenvalue weighted by atomic mass is 10.2. The van der Waals surface area contributed by atoms with E-state index in [-0.39, 0.29) is 18.1 Å². The van der Waals surface area contributed by atoms with Crippen molar-refractivity contribution in [2.24, 2.45) is 5.73 Å². The van der Waals surface area contributed by atoms with Crippen LogP contribution < -0.4 is 5.73 Å². The molecule has 0 aromatic rings. The molecule has 0 rings (SSSR count). The smallest absolute Gasteiger partial charge is 0.351 e. The topological polar surface area (TPSA) is 63.3 Å². The van der Waals surface area contributed by atoms with Gasteiger partial charge >= 0.3 is 5.97 Å². The zero-order valence-corrected chi connectivity index (χ0v) is 7.36. The van der Waals surface area contributed by atoms with Gasteiger partial charge in [0.05, 0.1) is 0 Å². The molecule has 0 unspecified atom stereocenters. The van der Waals surface area contributed by atoms with Crippen LogP contribution in [0.4, 0.5) is 0 Å². The van der Waals surface area contributed by atoms with Crippen LogP contribution in [0.2, 0.25) is 0 Å². The van der Waals surface area contributed by atoms with Crippen molar-refractivity contribution in [3.63, 3.8) is 0 Å². The Balaban J connectivity index is 0. The van der Waals surface area contributed by atoms with Crippen molar-refractivity contribution in [1.29, 1.82) is 0 Å². The van der Waals surface area contributed by atoms with E-state index < -0.39 is 5.97 Å². The minimum Gasteiger partial charge on any atom is -0.477 e. The summed E-state index contributed by atoms with van der Waals surface area (Å²) in [6.07, 6.45) is 4.36. The molecule has 0 aromatic carbocycles. The summed E-state index contributed by atoms with van der Waals surface area (Å²) in [6.45, 7) is 2.05. The van der Waals surface area contributed by atoms with Gasteiger partial charge in [-0.15, -0.1) is 12.4 Å². The van der Waals surface area contributed by atoms with E-state index >= 15 is 0 Å². The quantitative estimate of drug-likeness (QED) is 0.508. The fourth-order valence-electron chi connectivity index (χ4n) is 0.549. The number of hydrogen-bond donors (Lipinski definition) is 2. The van der Waals surface area contributed by atoms with E-state index in [1.807, 2.05) is 6.92 Å². The monoisotopic (exact) mass is 179 g/mol. The van der Waals surface area contributed by atoms with Crippen molar-refractivity contribution in [2.75, 3.05) is 0 Å². The van der Waals surface area contributed by atoms with Crippen LogP contribution in [0.1, 0.15) is 26.2 Å². The molecule has 0 atom stereocenters. The van der Waals surface area contributed by atoms with Crippen molar-refractivity contribution in [3.8, 4) is 0 Å². The number of aliphatic carboxylic acids is 1. The summed E-state index contributed by atoms with van der Waals surface area (Å²) in [5.41, 5.74) is 5.07. The Labute approximate surface area is 72.7 Å². The van der Waals surface area contributed by atoms with Crippen LogP contribution in [-0.4, -0.2) is 11.1 Å². The van der Waals surface area contributed by atoms with E-state index in [1.165, 1.54) is 0 Å². The molecule has 4 heteroatoms. The third-order valence-electron chi connectivity index (χ3n) is 1.17. The normalized spacial score (nSPS) is 10.5. The van der Waals surface area contributed by atoms with Gasteiger partial charge in [0, 0.05) is 0 Å². The minimum atomic E-state index is -1.03. The van der Waals surface area contributed by atoms with E-state index in [0.717, 1.165) is 19.3 Å². The van der Waals surface area contributed by atoms with Gasteiger partial charge in [-0.25, -0.2) is 4.79 Å². The van der Waals surface area contributed by atoms with Gasteiger partial charge in [-0.2, -0.15) is 0 Å². The first kappa shape index (κ1) is 12.9. The number of carboxylic acids is 1. The molecule has 0 aliphatic heterocycles. The van der Waals surface area contributed by atoms with Crippen LogP contribution >= 0.6 is 12.4 Å². The summed E-state index contributed by atoms with van der Waals surface area (Å²) in [7, 11) is 0. The maximum atomic E-state index is 10.1. The second-order valence-electron chi connectivity index (χ2n) is 2.11. The van der Waals surface area contributed by atoms with Crippen LogP contribution in [0.25, 0.3) is 0 Å². The van der Waals surface area contributed by atoms with Crippen molar-refractivity contribution in [3.05, 3.63) is 11.8 Å². The summed E-state index contributed by atoms with van der Waals surface area (Å²) in [5, 5.41) is 8.29. The van der Waals surface area contributed by atoms with Gasteiger partial charge in [-0.1, -0.05) is 19.4 Å². The molecule has 0 amide bonds. The highest BCUT2D eigenvalue weighted by Gasteiger charge is 1.97. The highest BCUT2D eigenvalue weighted by atomic mass is 35.5. The Morgan fingerprint density at radius 1 is 1.64 bits per heavy atom. The molecule has 3 nitrogen and oxygen atoms in total. The van der Waals surface area contributed by atoms with Crippen LogP contribution in [0.15, 0.2) is 11.8 Å². The lowest BCUT2D eigenvalue weighted by Gasteiger charge is -1.92. The van der Waals surface area contributed by atoms with Gasteiger partial charge in [0.25, 0.3) is 0 Å². The summed E-state index contributed by atoms with van der Waals surface area (Å²) in [5.74, 6) is -1.03. The molecule has 0 aromatic heterocycles. The molecule has 0 saturated heterocycles. The molecule has 66 valence electrons. The molecule has 0 radical (unpaired) electrons. The molecule has 3 N–H and O–H groups in total. The number of carboxylic acid groups (broad SMARTS) is 1. The van der Waals surface area contributed by atoms with Crippen LogP contribution in [-0.2, 0) is 4.79 Å². The number of halogens is 1. The fourth-order valence-corrected chi connectivity index (χ4v) is 0.549. The third-order valence-corrected chi connectivity index (χ3v) is 1.17. The Hall–Kier alpha value is -0.700. The highest BCUT2D eigenvalue weighted by Crippen LogP contribution is 1.96. The molecule has 0 bridgehead atoms. The van der Waals surface area contributed by atoms with Crippen molar-refractivity contribution < 1.29 is 9.90 Å². The zero-order chi connectivity index (χ0) is 7.98. The second kappa shape index (κ2) is 7.41. The first-order valence-corrected chi connectivity index (χ1v) is 3.37. The lowest BCUT2D eigenvalue weighted by molar-refractivity contribution is -0.132. The Kier molecular flexibility index (Phi) is 8.71. The van der Waals surface area contributed by atoms with Gasteiger partial charge < -0.3 is 10.8 Å². The predicted molar refractivity (Wildman–Crippen MR) is 46.7 cm³/mol. The maximum Gasteiger partial charge on any atom is 0.351 e. The van der Waals surface area contributed by atoms with E-state index in [0.29, 0.717) is 0 Å². The van der Waals surface area contributed by atoms with E-state index in [4.69, 9.17) is 10.8 Å².